The molecule has 0 saturated carbocycles. The van der Waals surface area contributed by atoms with E-state index in [0.29, 0.717) is 27.4 Å². The number of pyridine rings is 1. The standard InChI is InChI=1S/C29H24ClN5O2S/c1-19-8-6-7-11-24(19)35-27(21-14-16-31-17-15-21)33-34-29(35)38-26(20-9-4-3-5-10-20)28(36)32-22-12-13-25(37-2)23(30)18-22/h3-18,26H,1-2H3,(H,32,36)/t26-/m1/s1. The molecule has 0 radical (unpaired) electrons. The lowest BCUT2D eigenvalue weighted by Crippen LogP contribution is -2.19. The zero-order chi connectivity index (χ0) is 26.5. The van der Waals surface area contributed by atoms with Crippen LogP contribution in [0.1, 0.15) is 16.4 Å². The summed E-state index contributed by atoms with van der Waals surface area (Å²) in [6, 6.07) is 26.5. The van der Waals surface area contributed by atoms with Crippen LogP contribution in [0, 0.1) is 6.92 Å². The maximum Gasteiger partial charge on any atom is 0.242 e. The molecule has 1 amide bonds. The quantitative estimate of drug-likeness (QED) is 0.218. The molecule has 0 unspecified atom stereocenters. The molecule has 5 aromatic rings. The van der Waals surface area contributed by atoms with Crippen LogP contribution in [0.5, 0.6) is 5.75 Å². The predicted octanol–water partition coefficient (Wildman–Crippen LogP) is 6.77. The Morgan fingerprint density at radius 3 is 2.42 bits per heavy atom. The number of rotatable bonds is 8. The third-order valence-electron chi connectivity index (χ3n) is 5.91. The van der Waals surface area contributed by atoms with Gasteiger partial charge in [0.15, 0.2) is 11.0 Å². The summed E-state index contributed by atoms with van der Waals surface area (Å²) in [4.78, 5) is 17.8. The largest absolute Gasteiger partial charge is 0.495 e. The number of carbonyl (C=O) groups excluding carboxylic acids is 1. The smallest absolute Gasteiger partial charge is 0.242 e. The third-order valence-corrected chi connectivity index (χ3v) is 7.40. The molecule has 0 aliphatic rings. The summed E-state index contributed by atoms with van der Waals surface area (Å²) >= 11 is 7.63. The zero-order valence-corrected chi connectivity index (χ0v) is 22.3. The Hall–Kier alpha value is -4.14. The minimum atomic E-state index is -0.616. The first-order valence-corrected chi connectivity index (χ1v) is 13.1. The van der Waals surface area contributed by atoms with Gasteiger partial charge < -0.3 is 10.1 Å². The highest BCUT2D eigenvalue weighted by Crippen LogP contribution is 2.39. The van der Waals surface area contributed by atoms with Gasteiger partial charge in [-0.05, 0) is 54.4 Å². The SMILES string of the molecule is COc1ccc(NC(=O)[C@H](Sc2nnc(-c3ccncc3)n2-c2ccccc2C)c2ccccc2)cc1Cl. The van der Waals surface area contributed by atoms with E-state index in [1.165, 1.54) is 11.8 Å². The highest BCUT2D eigenvalue weighted by molar-refractivity contribution is 8.00. The second kappa shape index (κ2) is 11.5. The van der Waals surface area contributed by atoms with Gasteiger partial charge in [0.25, 0.3) is 0 Å². The first-order chi connectivity index (χ1) is 18.5. The molecule has 1 atom stereocenters. The highest BCUT2D eigenvalue weighted by Gasteiger charge is 2.27. The molecule has 2 heterocycles. The van der Waals surface area contributed by atoms with Gasteiger partial charge in [-0.2, -0.15) is 0 Å². The number of aryl methyl sites for hydroxylation is 1. The van der Waals surface area contributed by atoms with Crippen molar-refractivity contribution in [3.05, 3.63) is 113 Å². The van der Waals surface area contributed by atoms with Crippen molar-refractivity contribution in [1.29, 1.82) is 0 Å². The summed E-state index contributed by atoms with van der Waals surface area (Å²) in [6.07, 6.45) is 3.44. The van der Waals surface area contributed by atoms with Crippen LogP contribution in [0.4, 0.5) is 5.69 Å². The Bertz CT molecular complexity index is 1560. The van der Waals surface area contributed by atoms with Crippen molar-refractivity contribution in [3.63, 3.8) is 0 Å². The average Bonchev–Trinajstić information content (AvgIpc) is 3.36. The Kier molecular flexibility index (Phi) is 7.72. The van der Waals surface area contributed by atoms with E-state index in [0.717, 1.165) is 22.4 Å². The number of para-hydroxylation sites is 1. The second-order valence-electron chi connectivity index (χ2n) is 8.41. The number of benzene rings is 3. The van der Waals surface area contributed by atoms with E-state index in [4.69, 9.17) is 16.3 Å². The number of ether oxygens (including phenoxy) is 1. The normalized spacial score (nSPS) is 11.7. The van der Waals surface area contributed by atoms with Crippen LogP contribution in [0.2, 0.25) is 5.02 Å². The fourth-order valence-electron chi connectivity index (χ4n) is 4.02. The monoisotopic (exact) mass is 541 g/mol. The van der Waals surface area contributed by atoms with Crippen LogP contribution in [-0.4, -0.2) is 32.8 Å². The van der Waals surface area contributed by atoms with E-state index >= 15 is 0 Å². The number of hydrogen-bond acceptors (Lipinski definition) is 6. The van der Waals surface area contributed by atoms with Crippen LogP contribution in [0.15, 0.2) is 102 Å². The maximum absolute atomic E-state index is 13.7. The van der Waals surface area contributed by atoms with Gasteiger partial charge in [0.05, 0.1) is 17.8 Å². The van der Waals surface area contributed by atoms with Crippen molar-refractivity contribution in [1.82, 2.24) is 19.7 Å². The molecule has 5 rings (SSSR count). The van der Waals surface area contributed by atoms with Crippen molar-refractivity contribution in [2.75, 3.05) is 12.4 Å². The molecular formula is C29H24ClN5O2S. The molecule has 0 saturated heterocycles. The molecule has 0 bridgehead atoms. The number of nitrogens with one attached hydrogen (secondary N) is 1. The number of methoxy groups -OCH3 is 1. The Labute approximate surface area is 229 Å². The molecule has 9 heteroatoms. The van der Waals surface area contributed by atoms with Crippen molar-refractivity contribution >= 4 is 35.0 Å². The highest BCUT2D eigenvalue weighted by atomic mass is 35.5. The fourth-order valence-corrected chi connectivity index (χ4v) is 5.33. The summed E-state index contributed by atoms with van der Waals surface area (Å²) in [5, 5.41) is 12.4. The molecule has 0 spiro atoms. The third kappa shape index (κ3) is 5.41. The van der Waals surface area contributed by atoms with Gasteiger partial charge in [-0.3, -0.25) is 14.3 Å². The minimum absolute atomic E-state index is 0.216. The Morgan fingerprint density at radius 2 is 1.71 bits per heavy atom. The van der Waals surface area contributed by atoms with E-state index < -0.39 is 5.25 Å². The topological polar surface area (TPSA) is 81.9 Å². The van der Waals surface area contributed by atoms with Gasteiger partial charge in [0, 0.05) is 23.6 Å². The van der Waals surface area contributed by atoms with Crippen LogP contribution in [-0.2, 0) is 4.79 Å². The van der Waals surface area contributed by atoms with E-state index in [1.807, 2.05) is 78.2 Å². The van der Waals surface area contributed by atoms with E-state index in [9.17, 15) is 4.79 Å². The van der Waals surface area contributed by atoms with Gasteiger partial charge in [-0.25, -0.2) is 0 Å². The zero-order valence-electron chi connectivity index (χ0n) is 20.7. The summed E-state index contributed by atoms with van der Waals surface area (Å²) in [5.41, 5.74) is 4.26. The molecule has 2 aromatic heterocycles. The van der Waals surface area contributed by atoms with E-state index in [2.05, 4.69) is 20.5 Å². The number of hydrogen-bond donors (Lipinski definition) is 1. The molecule has 3 aromatic carbocycles. The summed E-state index contributed by atoms with van der Waals surface area (Å²) < 4.78 is 7.22. The second-order valence-corrected chi connectivity index (χ2v) is 9.89. The molecule has 1 N–H and O–H groups in total. The Balaban J connectivity index is 1.56. The lowest BCUT2D eigenvalue weighted by molar-refractivity contribution is -0.115. The van der Waals surface area contributed by atoms with Gasteiger partial charge in [-0.15, -0.1) is 10.2 Å². The van der Waals surface area contributed by atoms with Crippen molar-refractivity contribution < 1.29 is 9.53 Å². The number of anilines is 1. The van der Waals surface area contributed by atoms with Gasteiger partial charge in [0.2, 0.25) is 5.91 Å². The number of amides is 1. The van der Waals surface area contributed by atoms with E-state index in [-0.39, 0.29) is 5.91 Å². The lowest BCUT2D eigenvalue weighted by atomic mass is 10.1. The van der Waals surface area contributed by atoms with Gasteiger partial charge >= 0.3 is 0 Å². The van der Waals surface area contributed by atoms with Gasteiger partial charge in [-0.1, -0.05) is 71.9 Å². The Morgan fingerprint density at radius 1 is 0.974 bits per heavy atom. The number of aromatic nitrogens is 4. The predicted molar refractivity (Wildman–Crippen MR) is 151 cm³/mol. The minimum Gasteiger partial charge on any atom is -0.495 e. The average molecular weight is 542 g/mol. The first-order valence-electron chi connectivity index (χ1n) is 11.8. The number of halogens is 1. The van der Waals surface area contributed by atoms with Crippen LogP contribution in [0.25, 0.3) is 17.1 Å². The molecule has 0 aliphatic heterocycles. The maximum atomic E-state index is 13.7. The molecule has 0 aliphatic carbocycles. The first kappa shape index (κ1) is 25.5. The summed E-state index contributed by atoms with van der Waals surface area (Å²) in [6.45, 7) is 2.04. The lowest BCUT2D eigenvalue weighted by Gasteiger charge is -2.19. The van der Waals surface area contributed by atoms with Crippen molar-refractivity contribution in [3.8, 4) is 22.8 Å². The van der Waals surface area contributed by atoms with Gasteiger partial charge in [0.1, 0.15) is 11.0 Å². The van der Waals surface area contributed by atoms with Crippen molar-refractivity contribution in [2.45, 2.75) is 17.3 Å². The molecule has 190 valence electrons. The summed E-state index contributed by atoms with van der Waals surface area (Å²) in [5.74, 6) is 0.985. The van der Waals surface area contributed by atoms with E-state index in [1.54, 1.807) is 37.7 Å². The summed E-state index contributed by atoms with van der Waals surface area (Å²) in [7, 11) is 1.55. The van der Waals surface area contributed by atoms with Crippen LogP contribution < -0.4 is 10.1 Å². The molecule has 0 fully saturated rings. The van der Waals surface area contributed by atoms with Crippen LogP contribution in [0.3, 0.4) is 0 Å². The van der Waals surface area contributed by atoms with Crippen molar-refractivity contribution in [2.24, 2.45) is 0 Å². The number of thioether (sulfide) groups is 1. The fraction of sp³-hybridized carbons (Fsp3) is 0.103. The molecule has 38 heavy (non-hydrogen) atoms. The molecular weight excluding hydrogens is 518 g/mol. The number of nitrogens with zero attached hydrogens (tertiary/aromatic N) is 4. The number of carbonyl (C=O) groups is 1. The molecule has 7 nitrogen and oxygen atoms in total. The van der Waals surface area contributed by atoms with Crippen LogP contribution >= 0.6 is 23.4 Å².